The van der Waals surface area contributed by atoms with Crippen molar-refractivity contribution in [2.45, 2.75) is 279 Å². The average molecular weight is 1280 g/mol. The molecule has 5 aliphatic carbocycles. The second-order valence-electron chi connectivity index (χ2n) is 29.3. The predicted molar refractivity (Wildman–Crippen MR) is 297 cm³/mol. The molecular weight excluding hydrogens is 1180 g/mol. The van der Waals surface area contributed by atoms with Crippen LogP contribution < -0.4 is 0 Å². The molecular formula is C60H98O29. The van der Waals surface area contributed by atoms with Gasteiger partial charge in [-0.1, -0.05) is 60.1 Å². The maximum absolute atomic E-state index is 13.2. The molecule has 18 N–H and O–H groups in total. The Bertz CT molecular complexity index is 2490. The Morgan fingerprint density at radius 1 is 0.517 bits per heavy atom. The van der Waals surface area contributed by atoms with Gasteiger partial charge in [0.25, 0.3) is 0 Å². The van der Waals surface area contributed by atoms with Gasteiger partial charge in [-0.3, -0.25) is 0 Å². The molecule has 4 saturated carbocycles. The molecule has 512 valence electrons. The van der Waals surface area contributed by atoms with E-state index in [1.807, 2.05) is 20.8 Å². The fourth-order valence-electron chi connectivity index (χ4n) is 18.1. The van der Waals surface area contributed by atoms with E-state index in [1.165, 1.54) is 6.92 Å². The number of ether oxygens (including phenoxy) is 10. The molecule has 89 heavy (non-hydrogen) atoms. The molecule has 0 aromatic rings. The van der Waals surface area contributed by atoms with Gasteiger partial charge in [0.05, 0.1) is 50.8 Å². The summed E-state index contributed by atoms with van der Waals surface area (Å²) in [6.07, 6.45) is -43.1. The lowest BCUT2D eigenvalue weighted by atomic mass is 9.32. The number of aliphatic hydroxyl groups excluding tert-OH is 17. The second kappa shape index (κ2) is 25.6. The number of aliphatic hydroxyl groups is 17. The van der Waals surface area contributed by atoms with Crippen molar-refractivity contribution in [3.05, 3.63) is 11.6 Å². The zero-order valence-electron chi connectivity index (χ0n) is 51.5. The molecule has 0 bridgehead atoms. The Balaban J connectivity index is 0.962. The van der Waals surface area contributed by atoms with Crippen molar-refractivity contribution in [2.75, 3.05) is 26.4 Å². The second-order valence-corrected chi connectivity index (χ2v) is 29.3. The van der Waals surface area contributed by atoms with Gasteiger partial charge in [0.15, 0.2) is 37.6 Å². The normalized spacial score (nSPS) is 54.8. The highest BCUT2D eigenvalue weighted by molar-refractivity contribution is 5.73. The molecule has 0 aromatic heterocycles. The summed E-state index contributed by atoms with van der Waals surface area (Å²) >= 11 is 0. The van der Waals surface area contributed by atoms with Crippen LogP contribution in [-0.4, -0.2) is 296 Å². The molecule has 5 saturated heterocycles. The molecule has 0 radical (unpaired) electrons. The first-order valence-electron chi connectivity index (χ1n) is 31.4. The van der Waals surface area contributed by atoms with Crippen molar-refractivity contribution < 1.29 is 144 Å². The third-order valence-corrected chi connectivity index (χ3v) is 23.7. The van der Waals surface area contributed by atoms with Gasteiger partial charge in [-0.05, 0) is 97.7 Å². The maximum Gasteiger partial charge on any atom is 0.335 e. The quantitative estimate of drug-likeness (QED) is 0.0541. The Morgan fingerprint density at radius 3 is 1.63 bits per heavy atom. The van der Waals surface area contributed by atoms with Crippen LogP contribution >= 0.6 is 0 Å². The molecule has 29 nitrogen and oxygen atoms in total. The highest BCUT2D eigenvalue weighted by atomic mass is 16.8. The number of carboxylic acid groups (broad SMARTS) is 1. The minimum atomic E-state index is -2.30. The standard InChI is InChI=1S/C60H98O29/c1-22-31(64)35(68)40(73)51(81-22)88-45-38(71)34(67)27(20-63)84-53(45)86-43-42(75)44(49(78)79)87-54(46(43)89-52-41(74)37(70)33(66)26(19-62)83-52)85-30-12-13-57(6)28(56(30,4)5)11-14-58(7)29(57)10-9-23-24-17-55(2,3)15-16-60(24,48(77)47(76)59(23,58)8)21-80-50-39(72)36(69)32(65)25(18-61)82-50/h9,22,24-48,50-54,61-77H,10-21H2,1-8H3,(H,78,79)/t22-,24-,25+,26+,27+,28-,29+,30-,31-,32+,33+,34-,35+,36-,37-,38-,39+,40+,41+,42-,43-,44-,45+,46+,47-,48+,50+,51-,52-,53-,54+,57-,58+,59-,60+/m0/s1. The van der Waals surface area contributed by atoms with Gasteiger partial charge in [-0.2, -0.15) is 0 Å². The van der Waals surface area contributed by atoms with Crippen molar-refractivity contribution in [1.29, 1.82) is 0 Å². The average Bonchev–Trinajstić information content (AvgIpc) is 0.670. The van der Waals surface area contributed by atoms with Crippen LogP contribution in [0.3, 0.4) is 0 Å². The molecule has 29 heteroatoms. The van der Waals surface area contributed by atoms with Crippen molar-refractivity contribution in [1.82, 2.24) is 0 Å². The molecule has 0 amide bonds. The maximum atomic E-state index is 13.2. The number of fused-ring (bicyclic) bond motifs is 7. The van der Waals surface area contributed by atoms with Crippen molar-refractivity contribution in [2.24, 2.45) is 50.2 Å². The smallest absolute Gasteiger partial charge is 0.335 e. The summed E-state index contributed by atoms with van der Waals surface area (Å²) in [4.78, 5) is 13.2. The zero-order chi connectivity index (χ0) is 65.3. The molecule has 5 heterocycles. The zero-order valence-corrected chi connectivity index (χ0v) is 51.5. The number of rotatable bonds is 15. The summed E-state index contributed by atoms with van der Waals surface area (Å²) in [6.45, 7) is 13.4. The minimum absolute atomic E-state index is 0.129. The number of carboxylic acids is 1. The van der Waals surface area contributed by atoms with Crippen LogP contribution in [0, 0.1) is 50.2 Å². The van der Waals surface area contributed by atoms with E-state index in [2.05, 4.69) is 33.8 Å². The largest absolute Gasteiger partial charge is 0.479 e. The number of carbonyl (C=O) groups is 1. The Kier molecular flexibility index (Phi) is 20.1. The first-order valence-corrected chi connectivity index (χ1v) is 31.4. The summed E-state index contributed by atoms with van der Waals surface area (Å²) in [6, 6.07) is 0. The third-order valence-electron chi connectivity index (χ3n) is 23.7. The van der Waals surface area contributed by atoms with Crippen LogP contribution in [0.5, 0.6) is 0 Å². The van der Waals surface area contributed by atoms with Crippen molar-refractivity contribution in [3.63, 3.8) is 0 Å². The molecule has 0 aromatic carbocycles. The van der Waals surface area contributed by atoms with E-state index in [4.69, 9.17) is 47.4 Å². The molecule has 0 unspecified atom stereocenters. The van der Waals surface area contributed by atoms with E-state index in [0.717, 1.165) is 5.57 Å². The van der Waals surface area contributed by atoms with Gasteiger partial charge in [0.1, 0.15) is 110 Å². The van der Waals surface area contributed by atoms with Gasteiger partial charge in [0.2, 0.25) is 0 Å². The molecule has 35 atom stereocenters. The first-order chi connectivity index (χ1) is 41.6. The van der Waals surface area contributed by atoms with Gasteiger partial charge < -0.3 is 139 Å². The Labute approximate surface area is 515 Å². The van der Waals surface area contributed by atoms with Gasteiger partial charge in [-0.25, -0.2) is 4.79 Å². The third kappa shape index (κ3) is 11.5. The van der Waals surface area contributed by atoms with E-state index < -0.39 is 225 Å². The fourth-order valence-corrected chi connectivity index (χ4v) is 18.1. The molecule has 9 fully saturated rings. The monoisotopic (exact) mass is 1280 g/mol. The van der Waals surface area contributed by atoms with Crippen LogP contribution in [0.25, 0.3) is 0 Å². The first kappa shape index (κ1) is 69.9. The summed E-state index contributed by atoms with van der Waals surface area (Å²) in [5.74, 6) is -2.39. The van der Waals surface area contributed by atoms with E-state index >= 15 is 0 Å². The number of allylic oxidation sites excluding steroid dienone is 1. The van der Waals surface area contributed by atoms with Crippen LogP contribution in [0.15, 0.2) is 11.6 Å². The van der Waals surface area contributed by atoms with E-state index in [1.54, 1.807) is 0 Å². The lowest BCUT2D eigenvalue weighted by Crippen LogP contribution is -2.72. The Morgan fingerprint density at radius 2 is 1.03 bits per heavy atom. The van der Waals surface area contributed by atoms with E-state index in [0.29, 0.717) is 44.9 Å². The topological polar surface area (TPSA) is 474 Å². The van der Waals surface area contributed by atoms with Crippen LogP contribution in [0.1, 0.15) is 107 Å². The minimum Gasteiger partial charge on any atom is -0.479 e. The predicted octanol–water partition coefficient (Wildman–Crippen LogP) is -4.68. The summed E-state index contributed by atoms with van der Waals surface area (Å²) in [7, 11) is 0. The fraction of sp³-hybridized carbons (Fsp3) is 0.950. The van der Waals surface area contributed by atoms with Gasteiger partial charge in [-0.15, -0.1) is 0 Å². The lowest BCUT2D eigenvalue weighted by molar-refractivity contribution is -0.406. The molecule has 5 aliphatic heterocycles. The highest BCUT2D eigenvalue weighted by Gasteiger charge is 2.73. The summed E-state index contributed by atoms with van der Waals surface area (Å²) < 4.78 is 61.2. The van der Waals surface area contributed by atoms with Crippen molar-refractivity contribution in [3.8, 4) is 0 Å². The SMILES string of the molecule is C[C@@H]1O[C@@H](O[C@H]2[C@H](O[C@H]3[C@H](O)[C@@H](C(=O)O)O[C@@H](O[C@H]4CC[C@]5(C)[C@H]6CC=C7[C@@H]8CC(C)(C)CC[C@]8(CO[C@@H]8O[C@H](CO)[C@@H](O)[C@H](O)[C@H]8O)[C@H](O)[C@H](O)[C@@]7(C)[C@]6(C)CC[C@H]5C4(C)C)[C@@H]3O[C@@H]3O[C@H](CO)[C@@H](O)[C@H](O)[C@H]3O)O[C@H](CO)[C@H](O)[C@@H]2O)[C@H](O)[C@H](O)[C@H]1O. The van der Waals surface area contributed by atoms with E-state index in [9.17, 15) is 96.7 Å². The lowest BCUT2D eigenvalue weighted by Gasteiger charge is -2.73. The van der Waals surface area contributed by atoms with Crippen molar-refractivity contribution >= 4 is 5.97 Å². The molecule has 0 spiro atoms. The van der Waals surface area contributed by atoms with Crippen LogP contribution in [0.4, 0.5) is 0 Å². The van der Waals surface area contributed by atoms with Gasteiger partial charge in [0, 0.05) is 10.8 Å². The molecule has 10 aliphatic rings. The van der Waals surface area contributed by atoms with E-state index in [-0.39, 0.29) is 36.2 Å². The number of hydrogen-bond acceptors (Lipinski definition) is 28. The summed E-state index contributed by atoms with van der Waals surface area (Å²) in [5, 5.41) is 199. The Hall–Kier alpha value is -1.87. The highest BCUT2D eigenvalue weighted by Crippen LogP contribution is 2.76. The van der Waals surface area contributed by atoms with Crippen LogP contribution in [0.2, 0.25) is 0 Å². The number of hydrogen-bond donors (Lipinski definition) is 18. The number of aliphatic carboxylic acids is 1. The molecule has 10 rings (SSSR count). The summed E-state index contributed by atoms with van der Waals surface area (Å²) in [5.41, 5.74) is -3.35. The van der Waals surface area contributed by atoms with Crippen LogP contribution in [-0.2, 0) is 52.2 Å². The van der Waals surface area contributed by atoms with Gasteiger partial charge >= 0.3 is 5.97 Å².